The number of benzene rings is 3. The Morgan fingerprint density at radius 2 is 1.02 bits per heavy atom. The molecule has 0 fully saturated rings. The minimum Gasteiger partial charge on any atom is -0.508 e. The first-order valence-electron chi connectivity index (χ1n) is 14.8. The molecular formula is C37H56O5. The summed E-state index contributed by atoms with van der Waals surface area (Å²) in [7, 11) is 0. The third-order valence-corrected chi connectivity index (χ3v) is 7.19. The van der Waals surface area contributed by atoms with Crippen LogP contribution in [0.4, 0.5) is 0 Å². The van der Waals surface area contributed by atoms with E-state index in [-0.39, 0.29) is 41.8 Å². The molecule has 3 aromatic carbocycles. The standard InChI is InChI=1S/C21H28O2.C14H22O2.C2H6O/c1-20(2,3)17-11-12-19(18(13-17)21(4,5)15-22)23-14-16-9-7-6-8-10-16;1-13(2,3)10-6-7-12(16)11(8-10)14(4,5)9-15;1-2-3/h6-13,22H,14-15H2,1-5H3;6-8,15-16H,9H2,1-5H3;3H,2H2,1H3. The third kappa shape index (κ3) is 11.1. The van der Waals surface area contributed by atoms with Crippen molar-refractivity contribution < 1.29 is 25.2 Å². The molecule has 0 aromatic heterocycles. The van der Waals surface area contributed by atoms with E-state index >= 15 is 0 Å². The normalized spacial score (nSPS) is 12.0. The number of hydrogen-bond donors (Lipinski definition) is 4. The van der Waals surface area contributed by atoms with Gasteiger partial charge in [-0.3, -0.25) is 0 Å². The molecule has 0 aliphatic carbocycles. The Balaban J connectivity index is 0.000000405. The number of ether oxygens (including phenoxy) is 1. The highest BCUT2D eigenvalue weighted by Crippen LogP contribution is 2.36. The largest absolute Gasteiger partial charge is 0.508 e. The third-order valence-electron chi connectivity index (χ3n) is 7.19. The van der Waals surface area contributed by atoms with Gasteiger partial charge in [0.2, 0.25) is 0 Å². The highest BCUT2D eigenvalue weighted by atomic mass is 16.5. The number of aliphatic hydroxyl groups excluding tert-OH is 3. The van der Waals surface area contributed by atoms with Gasteiger partial charge in [-0.2, -0.15) is 0 Å². The van der Waals surface area contributed by atoms with Crippen LogP contribution in [0.3, 0.4) is 0 Å². The van der Waals surface area contributed by atoms with Gasteiger partial charge in [0, 0.05) is 28.6 Å². The molecule has 0 amide bonds. The molecule has 234 valence electrons. The van der Waals surface area contributed by atoms with Gasteiger partial charge < -0.3 is 25.2 Å². The number of aliphatic hydroxyl groups is 3. The molecule has 5 nitrogen and oxygen atoms in total. The molecule has 5 heteroatoms. The first-order valence-corrected chi connectivity index (χ1v) is 14.8. The summed E-state index contributed by atoms with van der Waals surface area (Å²) in [6.07, 6.45) is 0. The van der Waals surface area contributed by atoms with Gasteiger partial charge in [-0.1, -0.05) is 124 Å². The zero-order valence-corrected chi connectivity index (χ0v) is 27.9. The molecule has 0 heterocycles. The van der Waals surface area contributed by atoms with Crippen LogP contribution in [0.15, 0.2) is 66.7 Å². The molecule has 0 aliphatic rings. The SMILES string of the molecule is CC(C)(C)c1ccc(O)c(C(C)(C)CO)c1.CC(C)(C)c1ccc(OCc2ccccc2)c(C(C)(C)CO)c1.CCO. The van der Waals surface area contributed by atoms with E-state index in [1.54, 1.807) is 13.0 Å². The van der Waals surface area contributed by atoms with Gasteiger partial charge >= 0.3 is 0 Å². The lowest BCUT2D eigenvalue weighted by Crippen LogP contribution is -2.24. The van der Waals surface area contributed by atoms with Crippen molar-refractivity contribution in [1.82, 2.24) is 0 Å². The number of rotatable bonds is 7. The van der Waals surface area contributed by atoms with E-state index in [9.17, 15) is 15.3 Å². The van der Waals surface area contributed by atoms with Crippen LogP contribution in [0.1, 0.15) is 104 Å². The molecule has 42 heavy (non-hydrogen) atoms. The predicted octanol–water partition coefficient (Wildman–Crippen LogP) is 7.79. The van der Waals surface area contributed by atoms with E-state index in [1.165, 1.54) is 11.1 Å². The number of phenolic OH excluding ortho intramolecular Hbond substituents is 1. The van der Waals surface area contributed by atoms with Crippen molar-refractivity contribution >= 4 is 0 Å². The molecule has 3 aromatic rings. The molecule has 3 rings (SSSR count). The summed E-state index contributed by atoms with van der Waals surface area (Å²) in [5, 5.41) is 36.6. The topological polar surface area (TPSA) is 90.2 Å². The molecule has 4 N–H and O–H groups in total. The highest BCUT2D eigenvalue weighted by molar-refractivity contribution is 5.44. The van der Waals surface area contributed by atoms with Crippen LogP contribution in [-0.2, 0) is 28.3 Å². The minimum absolute atomic E-state index is 0.0220. The van der Waals surface area contributed by atoms with Crippen LogP contribution in [0.25, 0.3) is 0 Å². The number of hydrogen-bond acceptors (Lipinski definition) is 5. The molecule has 0 radical (unpaired) electrons. The maximum absolute atomic E-state index is 9.86. The fourth-order valence-corrected chi connectivity index (χ4v) is 4.10. The van der Waals surface area contributed by atoms with Gasteiger partial charge in [-0.05, 0) is 46.6 Å². The van der Waals surface area contributed by atoms with Crippen LogP contribution < -0.4 is 4.74 Å². The van der Waals surface area contributed by atoms with Crippen LogP contribution in [-0.4, -0.2) is 40.2 Å². The molecular weight excluding hydrogens is 524 g/mol. The monoisotopic (exact) mass is 580 g/mol. The van der Waals surface area contributed by atoms with Gasteiger partial charge in [0.25, 0.3) is 0 Å². The van der Waals surface area contributed by atoms with Gasteiger partial charge in [-0.25, -0.2) is 0 Å². The highest BCUT2D eigenvalue weighted by Gasteiger charge is 2.27. The Kier molecular flexibility index (Phi) is 13.8. The second kappa shape index (κ2) is 15.6. The van der Waals surface area contributed by atoms with Crippen molar-refractivity contribution in [3.63, 3.8) is 0 Å². The Morgan fingerprint density at radius 3 is 1.48 bits per heavy atom. The Hall–Kier alpha value is -2.86. The second-order valence-corrected chi connectivity index (χ2v) is 14.1. The average Bonchev–Trinajstić information content (AvgIpc) is 2.92. The predicted molar refractivity (Wildman–Crippen MR) is 176 cm³/mol. The van der Waals surface area contributed by atoms with Gasteiger partial charge in [0.1, 0.15) is 18.1 Å². The van der Waals surface area contributed by atoms with Crippen molar-refractivity contribution in [1.29, 1.82) is 0 Å². The van der Waals surface area contributed by atoms with Gasteiger partial charge in [0.15, 0.2) is 0 Å². The summed E-state index contributed by atoms with van der Waals surface area (Å²) >= 11 is 0. The molecule has 0 bridgehead atoms. The van der Waals surface area contributed by atoms with Crippen molar-refractivity contribution in [2.45, 2.75) is 104 Å². The van der Waals surface area contributed by atoms with Crippen LogP contribution >= 0.6 is 0 Å². The summed E-state index contributed by atoms with van der Waals surface area (Å²) in [5.74, 6) is 1.10. The van der Waals surface area contributed by atoms with E-state index in [0.29, 0.717) is 6.61 Å². The summed E-state index contributed by atoms with van der Waals surface area (Å²) in [4.78, 5) is 0. The Morgan fingerprint density at radius 1 is 0.595 bits per heavy atom. The van der Waals surface area contributed by atoms with Crippen molar-refractivity contribution in [3.8, 4) is 11.5 Å². The maximum atomic E-state index is 9.86. The lowest BCUT2D eigenvalue weighted by atomic mass is 9.79. The Bertz CT molecular complexity index is 1220. The fraction of sp³-hybridized carbons (Fsp3) is 0.514. The molecule has 0 saturated heterocycles. The van der Waals surface area contributed by atoms with Gasteiger partial charge in [-0.15, -0.1) is 0 Å². The number of aromatic hydroxyl groups is 1. The van der Waals surface area contributed by atoms with E-state index in [2.05, 4.69) is 65.8 Å². The van der Waals surface area contributed by atoms with Crippen molar-refractivity contribution in [2.75, 3.05) is 19.8 Å². The van der Waals surface area contributed by atoms with Crippen molar-refractivity contribution in [3.05, 3.63) is 94.5 Å². The van der Waals surface area contributed by atoms with Gasteiger partial charge in [0.05, 0.1) is 13.2 Å². The smallest absolute Gasteiger partial charge is 0.123 e. The summed E-state index contributed by atoms with van der Waals surface area (Å²) < 4.78 is 6.07. The quantitative estimate of drug-likeness (QED) is 0.229. The zero-order valence-electron chi connectivity index (χ0n) is 27.9. The summed E-state index contributed by atoms with van der Waals surface area (Å²) in [6.45, 7) is 23.5. The summed E-state index contributed by atoms with van der Waals surface area (Å²) in [5.41, 5.74) is 4.79. The van der Waals surface area contributed by atoms with E-state index in [4.69, 9.17) is 9.84 Å². The minimum atomic E-state index is -0.411. The van der Waals surface area contributed by atoms with Crippen LogP contribution in [0.5, 0.6) is 11.5 Å². The number of phenols is 1. The fourth-order valence-electron chi connectivity index (χ4n) is 4.10. The molecule has 0 spiro atoms. The van der Waals surface area contributed by atoms with E-state index < -0.39 is 5.41 Å². The lowest BCUT2D eigenvalue weighted by molar-refractivity contribution is 0.210. The lowest BCUT2D eigenvalue weighted by Gasteiger charge is -2.28. The average molecular weight is 581 g/mol. The zero-order chi connectivity index (χ0) is 32.4. The summed E-state index contributed by atoms with van der Waals surface area (Å²) in [6, 6.07) is 22.1. The molecule has 0 saturated carbocycles. The maximum Gasteiger partial charge on any atom is 0.123 e. The second-order valence-electron chi connectivity index (χ2n) is 14.1. The van der Waals surface area contributed by atoms with Crippen molar-refractivity contribution in [2.24, 2.45) is 0 Å². The first-order chi connectivity index (χ1) is 19.3. The Labute approximate surface area is 255 Å². The van der Waals surface area contributed by atoms with E-state index in [1.807, 2.05) is 64.1 Å². The molecule has 0 atom stereocenters. The van der Waals surface area contributed by atoms with Crippen LogP contribution in [0.2, 0.25) is 0 Å². The molecule has 0 unspecified atom stereocenters. The molecule has 0 aliphatic heterocycles. The van der Waals surface area contributed by atoms with Crippen LogP contribution in [0, 0.1) is 0 Å². The first kappa shape index (κ1) is 37.2. The van der Waals surface area contributed by atoms with E-state index in [0.717, 1.165) is 22.4 Å².